The summed E-state index contributed by atoms with van der Waals surface area (Å²) in [5, 5.41) is 4.30. The minimum Gasteiger partial charge on any atom is -0.292 e. The van der Waals surface area contributed by atoms with Gasteiger partial charge in [-0.1, -0.05) is 29.8 Å². The van der Waals surface area contributed by atoms with Gasteiger partial charge in [0, 0.05) is 31.4 Å². The number of aryl methyl sites for hydroxylation is 2. The van der Waals surface area contributed by atoms with Crippen LogP contribution in [0.25, 0.3) is 0 Å². The Kier molecular flexibility index (Phi) is 3.38. The average molecular weight is 255 g/mol. The van der Waals surface area contributed by atoms with E-state index >= 15 is 0 Å². The van der Waals surface area contributed by atoms with Crippen LogP contribution in [0.3, 0.4) is 0 Å². The van der Waals surface area contributed by atoms with E-state index in [1.165, 1.54) is 36.1 Å². The maximum absolute atomic E-state index is 4.30. The summed E-state index contributed by atoms with van der Waals surface area (Å²) in [5.41, 5.74) is 4.09. The van der Waals surface area contributed by atoms with Gasteiger partial charge in [0.15, 0.2) is 0 Å². The molecule has 0 N–H and O–H groups in total. The lowest BCUT2D eigenvalue weighted by atomic mass is 10.1. The zero-order valence-corrected chi connectivity index (χ0v) is 11.7. The Morgan fingerprint density at radius 1 is 1.26 bits per heavy atom. The van der Waals surface area contributed by atoms with Crippen LogP contribution in [0.1, 0.15) is 35.6 Å². The molecule has 0 saturated carbocycles. The van der Waals surface area contributed by atoms with Crippen LogP contribution in [0.2, 0.25) is 0 Å². The number of rotatable bonds is 3. The van der Waals surface area contributed by atoms with Gasteiger partial charge in [-0.3, -0.25) is 9.58 Å². The van der Waals surface area contributed by atoms with Gasteiger partial charge in [0.1, 0.15) is 0 Å². The molecule has 3 nitrogen and oxygen atoms in total. The van der Waals surface area contributed by atoms with Gasteiger partial charge in [0.2, 0.25) is 0 Å². The van der Waals surface area contributed by atoms with Crippen molar-refractivity contribution in [1.82, 2.24) is 14.7 Å². The maximum Gasteiger partial charge on any atom is 0.0537 e. The van der Waals surface area contributed by atoms with Crippen molar-refractivity contribution in [2.45, 2.75) is 32.4 Å². The first kappa shape index (κ1) is 12.4. The van der Waals surface area contributed by atoms with E-state index in [4.69, 9.17) is 0 Å². The Hall–Kier alpha value is -1.61. The number of benzene rings is 1. The predicted molar refractivity (Wildman–Crippen MR) is 76.8 cm³/mol. The van der Waals surface area contributed by atoms with Crippen molar-refractivity contribution in [3.05, 3.63) is 53.3 Å². The van der Waals surface area contributed by atoms with E-state index in [9.17, 15) is 0 Å². The van der Waals surface area contributed by atoms with Crippen LogP contribution < -0.4 is 0 Å². The SMILES string of the molecule is Cc1ccc(CN2CCC[C@H]2c2cnn(C)c2)cc1. The number of aromatic nitrogens is 2. The molecule has 1 aliphatic heterocycles. The van der Waals surface area contributed by atoms with Crippen molar-refractivity contribution in [2.24, 2.45) is 7.05 Å². The molecule has 1 aliphatic rings. The summed E-state index contributed by atoms with van der Waals surface area (Å²) in [6.07, 6.45) is 6.69. The topological polar surface area (TPSA) is 21.1 Å². The second-order valence-electron chi connectivity index (χ2n) is 5.56. The lowest BCUT2D eigenvalue weighted by molar-refractivity contribution is 0.248. The van der Waals surface area contributed by atoms with E-state index in [0.717, 1.165) is 6.54 Å². The third-order valence-electron chi connectivity index (χ3n) is 3.98. The molecule has 19 heavy (non-hydrogen) atoms. The fraction of sp³-hybridized carbons (Fsp3) is 0.438. The standard InChI is InChI=1S/C16H21N3/c1-13-5-7-14(8-6-13)11-19-9-3-4-16(19)15-10-17-18(2)12-15/h5-8,10,12,16H,3-4,9,11H2,1-2H3/t16-/m0/s1. The molecule has 2 heterocycles. The zero-order chi connectivity index (χ0) is 13.2. The van der Waals surface area contributed by atoms with Crippen molar-refractivity contribution in [3.8, 4) is 0 Å². The fourth-order valence-corrected chi connectivity index (χ4v) is 2.93. The molecule has 1 atom stereocenters. The number of nitrogens with zero attached hydrogens (tertiary/aromatic N) is 3. The number of hydrogen-bond donors (Lipinski definition) is 0. The normalized spacial score (nSPS) is 20.0. The quantitative estimate of drug-likeness (QED) is 0.840. The molecule has 3 heteroatoms. The molecule has 3 rings (SSSR count). The lowest BCUT2D eigenvalue weighted by Gasteiger charge is -2.23. The first-order chi connectivity index (χ1) is 9.22. The smallest absolute Gasteiger partial charge is 0.0537 e. The monoisotopic (exact) mass is 255 g/mol. The van der Waals surface area contributed by atoms with Crippen molar-refractivity contribution in [2.75, 3.05) is 6.54 Å². The van der Waals surface area contributed by atoms with Crippen molar-refractivity contribution < 1.29 is 0 Å². The predicted octanol–water partition coefficient (Wildman–Crippen LogP) is 3.07. The van der Waals surface area contributed by atoms with Crippen LogP contribution in [0.5, 0.6) is 0 Å². The largest absolute Gasteiger partial charge is 0.292 e. The minimum atomic E-state index is 0.537. The fourth-order valence-electron chi connectivity index (χ4n) is 2.93. The van der Waals surface area contributed by atoms with Crippen molar-refractivity contribution in [1.29, 1.82) is 0 Å². The van der Waals surface area contributed by atoms with Crippen LogP contribution in [-0.4, -0.2) is 21.2 Å². The minimum absolute atomic E-state index is 0.537. The Balaban J connectivity index is 1.74. The molecule has 1 aromatic carbocycles. The highest BCUT2D eigenvalue weighted by molar-refractivity contribution is 5.22. The molecule has 0 amide bonds. The van der Waals surface area contributed by atoms with E-state index in [1.807, 2.05) is 17.9 Å². The van der Waals surface area contributed by atoms with Gasteiger partial charge < -0.3 is 0 Å². The highest BCUT2D eigenvalue weighted by atomic mass is 15.3. The zero-order valence-electron chi connectivity index (χ0n) is 11.7. The Morgan fingerprint density at radius 2 is 2.05 bits per heavy atom. The van der Waals surface area contributed by atoms with E-state index in [-0.39, 0.29) is 0 Å². The van der Waals surface area contributed by atoms with Gasteiger partial charge in [-0.25, -0.2) is 0 Å². The first-order valence-electron chi connectivity index (χ1n) is 7.00. The molecule has 1 fully saturated rings. The summed E-state index contributed by atoms with van der Waals surface area (Å²) in [5.74, 6) is 0. The molecule has 0 unspecified atom stereocenters. The number of hydrogen-bond acceptors (Lipinski definition) is 2. The Bertz CT molecular complexity index is 541. The van der Waals surface area contributed by atoms with Crippen LogP contribution >= 0.6 is 0 Å². The summed E-state index contributed by atoms with van der Waals surface area (Å²) in [6, 6.07) is 9.42. The second kappa shape index (κ2) is 5.17. The second-order valence-corrected chi connectivity index (χ2v) is 5.56. The highest BCUT2D eigenvalue weighted by Gasteiger charge is 2.26. The molecular weight excluding hydrogens is 234 g/mol. The van der Waals surface area contributed by atoms with Crippen molar-refractivity contribution >= 4 is 0 Å². The Morgan fingerprint density at radius 3 is 2.74 bits per heavy atom. The molecule has 2 aromatic rings. The number of likely N-dealkylation sites (tertiary alicyclic amines) is 1. The maximum atomic E-state index is 4.30. The molecule has 100 valence electrons. The molecule has 0 aliphatic carbocycles. The van der Waals surface area contributed by atoms with Crippen LogP contribution in [0.4, 0.5) is 0 Å². The van der Waals surface area contributed by atoms with E-state index in [0.29, 0.717) is 6.04 Å². The third kappa shape index (κ3) is 2.71. The molecular formula is C16H21N3. The van der Waals surface area contributed by atoms with E-state index in [1.54, 1.807) is 0 Å². The van der Waals surface area contributed by atoms with Gasteiger partial charge in [0.05, 0.1) is 6.20 Å². The summed E-state index contributed by atoms with van der Waals surface area (Å²) < 4.78 is 1.90. The summed E-state index contributed by atoms with van der Waals surface area (Å²) in [7, 11) is 1.99. The molecule has 0 bridgehead atoms. The van der Waals surface area contributed by atoms with Crippen LogP contribution in [-0.2, 0) is 13.6 Å². The van der Waals surface area contributed by atoms with Gasteiger partial charge in [-0.2, -0.15) is 5.10 Å². The summed E-state index contributed by atoms with van der Waals surface area (Å²) in [6.45, 7) is 4.37. The summed E-state index contributed by atoms with van der Waals surface area (Å²) >= 11 is 0. The lowest BCUT2D eigenvalue weighted by Crippen LogP contribution is -2.22. The van der Waals surface area contributed by atoms with Gasteiger partial charge in [-0.05, 0) is 31.9 Å². The first-order valence-corrected chi connectivity index (χ1v) is 7.00. The average Bonchev–Trinajstić information content (AvgIpc) is 3.01. The molecule has 0 radical (unpaired) electrons. The molecule has 1 saturated heterocycles. The van der Waals surface area contributed by atoms with Crippen molar-refractivity contribution in [3.63, 3.8) is 0 Å². The van der Waals surface area contributed by atoms with Gasteiger partial charge >= 0.3 is 0 Å². The molecule has 1 aromatic heterocycles. The van der Waals surface area contributed by atoms with Crippen LogP contribution in [0.15, 0.2) is 36.7 Å². The Labute approximate surface area is 114 Å². The summed E-state index contributed by atoms with van der Waals surface area (Å²) in [4.78, 5) is 2.57. The highest BCUT2D eigenvalue weighted by Crippen LogP contribution is 2.32. The molecule has 0 spiro atoms. The van der Waals surface area contributed by atoms with E-state index < -0.39 is 0 Å². The van der Waals surface area contributed by atoms with Gasteiger partial charge in [-0.15, -0.1) is 0 Å². The van der Waals surface area contributed by atoms with Gasteiger partial charge in [0.25, 0.3) is 0 Å². The van der Waals surface area contributed by atoms with Crippen LogP contribution in [0, 0.1) is 6.92 Å². The third-order valence-corrected chi connectivity index (χ3v) is 3.98. The van der Waals surface area contributed by atoms with E-state index in [2.05, 4.69) is 47.4 Å².